The van der Waals surface area contributed by atoms with Gasteiger partial charge < -0.3 is 14.8 Å². The molecule has 5 amide bonds. The molecule has 0 aliphatic carbocycles. The number of nitrogens with zero attached hydrogens (tertiary/aromatic N) is 2. The number of amides is 5. The molecule has 0 aromatic heterocycles. The number of hydrogen-bond donors (Lipinski definition) is 1. The van der Waals surface area contributed by atoms with Crippen molar-refractivity contribution in [2.24, 2.45) is 0 Å². The second kappa shape index (κ2) is 12.2. The molecule has 2 aliphatic rings. The third kappa shape index (κ3) is 7.06. The number of nitrogens with one attached hydrogen (secondary N) is 1. The number of β-lactam (4-membered cyclic amide) rings is 1. The van der Waals surface area contributed by atoms with Gasteiger partial charge in [0.15, 0.2) is 0 Å². The van der Waals surface area contributed by atoms with Crippen LogP contribution in [0.5, 0.6) is 0 Å². The van der Waals surface area contributed by atoms with Gasteiger partial charge in [0.2, 0.25) is 17.7 Å². The molecule has 0 radical (unpaired) electrons. The van der Waals surface area contributed by atoms with E-state index < -0.39 is 0 Å². The van der Waals surface area contributed by atoms with Crippen LogP contribution in [0.2, 0.25) is 0 Å². The fourth-order valence-corrected chi connectivity index (χ4v) is 3.44. The molecule has 3 rings (SSSR count). The Bertz CT molecular complexity index is 971. The zero-order valence-electron chi connectivity index (χ0n) is 19.2. The molecular weight excluding hydrogens is 442 g/mol. The van der Waals surface area contributed by atoms with Crippen molar-refractivity contribution in [1.82, 2.24) is 9.80 Å². The number of carbonyl (C=O) groups excluding carboxylic acids is 5. The van der Waals surface area contributed by atoms with Gasteiger partial charge in [-0.05, 0) is 31.0 Å². The largest absolute Gasteiger partial charge is 0.379 e. The summed E-state index contributed by atoms with van der Waals surface area (Å²) in [4.78, 5) is 61.0. The lowest BCUT2D eigenvalue weighted by Gasteiger charge is -2.28. The van der Waals surface area contributed by atoms with Crippen LogP contribution in [0, 0.1) is 0 Å². The molecule has 1 fully saturated rings. The molecule has 10 nitrogen and oxygen atoms in total. The van der Waals surface area contributed by atoms with E-state index in [1.807, 2.05) is 12.1 Å². The van der Waals surface area contributed by atoms with Gasteiger partial charge in [0, 0.05) is 36.7 Å². The summed E-state index contributed by atoms with van der Waals surface area (Å²) in [5, 5.41) is 2.79. The topological polar surface area (TPSA) is 122 Å². The van der Waals surface area contributed by atoms with Crippen molar-refractivity contribution >= 4 is 35.2 Å². The van der Waals surface area contributed by atoms with Gasteiger partial charge in [-0.1, -0.05) is 12.1 Å². The minimum Gasteiger partial charge on any atom is -0.379 e. The van der Waals surface area contributed by atoms with Crippen LogP contribution < -0.4 is 5.32 Å². The highest BCUT2D eigenvalue weighted by atomic mass is 16.5. The lowest BCUT2D eigenvalue weighted by atomic mass is 10.1. The summed E-state index contributed by atoms with van der Waals surface area (Å²) in [7, 11) is 0. The molecule has 2 aliphatic heterocycles. The summed E-state index contributed by atoms with van der Waals surface area (Å²) >= 11 is 0. The summed E-state index contributed by atoms with van der Waals surface area (Å²) in [5.74, 6) is -1.06. The normalized spacial score (nSPS) is 15.4. The van der Waals surface area contributed by atoms with Gasteiger partial charge in [-0.15, -0.1) is 0 Å². The molecule has 1 N–H and O–H groups in total. The van der Waals surface area contributed by atoms with Gasteiger partial charge in [0.25, 0.3) is 11.8 Å². The first-order chi connectivity index (χ1) is 16.3. The predicted octanol–water partition coefficient (Wildman–Crippen LogP) is 1.05. The van der Waals surface area contributed by atoms with Crippen molar-refractivity contribution in [3.8, 4) is 0 Å². The molecule has 0 atom stereocenters. The molecule has 0 spiro atoms. The minimum atomic E-state index is -0.321. The number of aryl methyl sites for hydroxylation is 1. The average Bonchev–Trinajstić information content (AvgIpc) is 3.05. The van der Waals surface area contributed by atoms with Crippen LogP contribution in [0.15, 0.2) is 35.9 Å². The average molecular weight is 472 g/mol. The molecule has 1 aromatic rings. The van der Waals surface area contributed by atoms with Crippen molar-refractivity contribution in [2.75, 3.05) is 44.8 Å². The number of carbonyl (C=O) groups is 5. The Morgan fingerprint density at radius 1 is 0.971 bits per heavy atom. The van der Waals surface area contributed by atoms with Gasteiger partial charge in [-0.3, -0.25) is 33.8 Å². The van der Waals surface area contributed by atoms with Crippen LogP contribution in [0.1, 0.15) is 31.7 Å². The highest BCUT2D eigenvalue weighted by Gasteiger charge is 2.29. The Kier molecular flexibility index (Phi) is 9.06. The molecule has 0 bridgehead atoms. The molecule has 34 heavy (non-hydrogen) atoms. The number of hydrogen-bond acceptors (Lipinski definition) is 7. The molecule has 182 valence electrons. The molecule has 1 aromatic carbocycles. The number of anilines is 1. The number of imide groups is 2. The van der Waals surface area contributed by atoms with E-state index in [-0.39, 0.29) is 62.1 Å². The first-order valence-electron chi connectivity index (χ1n) is 11.3. The molecular formula is C24H29N3O7. The van der Waals surface area contributed by atoms with Crippen LogP contribution in [-0.4, -0.2) is 78.9 Å². The predicted molar refractivity (Wildman–Crippen MR) is 121 cm³/mol. The number of likely N-dealkylation sites (tertiary alicyclic amines) is 1. The van der Waals surface area contributed by atoms with Crippen LogP contribution in [0.3, 0.4) is 0 Å². The molecule has 1 saturated heterocycles. The standard InChI is InChI=1S/C24H29N3O7/c1-17-16-23(31)27(24(17)32)11-13-34-15-14-33-12-9-20(28)25-19-5-2-18(3-6-19)4-7-21(29)26-10-8-22(26)30/h2-3,5-6,16H,4,7-15H2,1H3,(H,25,28). The zero-order chi connectivity index (χ0) is 24.5. The fraction of sp³-hybridized carbons (Fsp3) is 0.458. The Hall–Kier alpha value is -3.37. The van der Waals surface area contributed by atoms with Gasteiger partial charge in [-0.25, -0.2) is 0 Å². The van der Waals surface area contributed by atoms with E-state index in [9.17, 15) is 24.0 Å². The number of rotatable bonds is 13. The van der Waals surface area contributed by atoms with E-state index in [1.54, 1.807) is 19.1 Å². The summed E-state index contributed by atoms with van der Waals surface area (Å²) < 4.78 is 10.8. The maximum absolute atomic E-state index is 12.0. The molecule has 0 saturated carbocycles. The monoisotopic (exact) mass is 471 g/mol. The van der Waals surface area contributed by atoms with E-state index in [2.05, 4.69) is 5.32 Å². The van der Waals surface area contributed by atoms with Gasteiger partial charge >= 0.3 is 0 Å². The Morgan fingerprint density at radius 3 is 2.26 bits per heavy atom. The van der Waals surface area contributed by atoms with E-state index in [0.717, 1.165) is 10.5 Å². The molecule has 10 heteroatoms. The summed E-state index contributed by atoms with van der Waals surface area (Å²) in [5.41, 5.74) is 2.03. The minimum absolute atomic E-state index is 0.111. The Morgan fingerprint density at radius 2 is 1.68 bits per heavy atom. The van der Waals surface area contributed by atoms with E-state index >= 15 is 0 Å². The summed E-state index contributed by atoms with van der Waals surface area (Å²) in [6, 6.07) is 7.23. The number of benzene rings is 1. The summed E-state index contributed by atoms with van der Waals surface area (Å²) in [6.45, 7) is 3.36. The van der Waals surface area contributed by atoms with Crippen molar-refractivity contribution in [3.05, 3.63) is 41.5 Å². The number of ether oxygens (including phenoxy) is 2. The molecule has 0 unspecified atom stereocenters. The lowest BCUT2D eigenvalue weighted by molar-refractivity contribution is -0.152. The SMILES string of the molecule is CC1=CC(=O)N(CCOCCOCCC(=O)Nc2ccc(CCC(=O)N3CCC3=O)cc2)C1=O. The second-order valence-corrected chi connectivity index (χ2v) is 8.03. The van der Waals surface area contributed by atoms with Crippen molar-refractivity contribution in [1.29, 1.82) is 0 Å². The Labute approximate surface area is 197 Å². The van der Waals surface area contributed by atoms with Crippen LogP contribution in [-0.2, 0) is 39.9 Å². The third-order valence-electron chi connectivity index (χ3n) is 5.51. The van der Waals surface area contributed by atoms with Gasteiger partial charge in [0.1, 0.15) is 0 Å². The van der Waals surface area contributed by atoms with E-state index in [1.165, 1.54) is 11.0 Å². The van der Waals surface area contributed by atoms with Gasteiger partial charge in [-0.2, -0.15) is 0 Å². The Balaban J connectivity index is 1.21. The quantitative estimate of drug-likeness (QED) is 0.259. The first-order valence-corrected chi connectivity index (χ1v) is 11.3. The van der Waals surface area contributed by atoms with Crippen molar-refractivity contribution < 1.29 is 33.4 Å². The lowest BCUT2D eigenvalue weighted by Crippen LogP contribution is -2.47. The fourth-order valence-electron chi connectivity index (χ4n) is 3.44. The van der Waals surface area contributed by atoms with Crippen molar-refractivity contribution in [2.45, 2.75) is 32.6 Å². The third-order valence-corrected chi connectivity index (χ3v) is 5.51. The molecule has 2 heterocycles. The van der Waals surface area contributed by atoms with Crippen LogP contribution in [0.4, 0.5) is 5.69 Å². The zero-order valence-corrected chi connectivity index (χ0v) is 19.2. The highest BCUT2D eigenvalue weighted by molar-refractivity contribution is 6.15. The van der Waals surface area contributed by atoms with Crippen molar-refractivity contribution in [3.63, 3.8) is 0 Å². The highest BCUT2D eigenvalue weighted by Crippen LogP contribution is 2.15. The van der Waals surface area contributed by atoms with Crippen LogP contribution in [0.25, 0.3) is 0 Å². The summed E-state index contributed by atoms with van der Waals surface area (Å²) in [6.07, 6.45) is 2.76. The van der Waals surface area contributed by atoms with E-state index in [0.29, 0.717) is 43.9 Å². The smallest absolute Gasteiger partial charge is 0.256 e. The second-order valence-electron chi connectivity index (χ2n) is 8.03. The van der Waals surface area contributed by atoms with Crippen LogP contribution >= 0.6 is 0 Å². The van der Waals surface area contributed by atoms with Gasteiger partial charge in [0.05, 0.1) is 39.4 Å². The van der Waals surface area contributed by atoms with E-state index in [4.69, 9.17) is 9.47 Å². The maximum atomic E-state index is 12.0. The maximum Gasteiger partial charge on any atom is 0.256 e. The first kappa shape index (κ1) is 25.3.